The van der Waals surface area contributed by atoms with Gasteiger partial charge < -0.3 is 10.6 Å². The number of carbonyl (C=O) groups excluding carboxylic acids is 1. The molecule has 23 heavy (non-hydrogen) atoms. The van der Waals surface area contributed by atoms with Gasteiger partial charge in [-0.15, -0.1) is 0 Å². The summed E-state index contributed by atoms with van der Waals surface area (Å²) in [6, 6.07) is 9.33. The first-order chi connectivity index (χ1) is 11.0. The average Bonchev–Trinajstić information content (AvgIpc) is 2.51. The normalized spacial score (nSPS) is 10.7. The number of pyridine rings is 1. The Balaban J connectivity index is 1.95. The van der Waals surface area contributed by atoms with Gasteiger partial charge in [0.1, 0.15) is 5.82 Å². The van der Waals surface area contributed by atoms with Crippen molar-refractivity contribution < 1.29 is 4.79 Å². The smallest absolute Gasteiger partial charge is 0.257 e. The first-order valence-corrected chi connectivity index (χ1v) is 8.52. The van der Waals surface area contributed by atoms with Gasteiger partial charge in [-0.3, -0.25) is 4.79 Å². The fraction of sp³-hybridized carbons (Fsp3) is 0.333. The summed E-state index contributed by atoms with van der Waals surface area (Å²) in [5, 5.41) is 6.14. The highest BCUT2D eigenvalue weighted by Crippen LogP contribution is 2.20. The minimum absolute atomic E-state index is 0.159. The van der Waals surface area contributed by atoms with Gasteiger partial charge in [-0.1, -0.05) is 29.8 Å². The summed E-state index contributed by atoms with van der Waals surface area (Å²) >= 11 is 3.45. The summed E-state index contributed by atoms with van der Waals surface area (Å²) in [4.78, 5) is 16.5. The van der Waals surface area contributed by atoms with Crippen LogP contribution in [0.15, 0.2) is 41.0 Å². The van der Waals surface area contributed by atoms with E-state index in [1.165, 1.54) is 0 Å². The van der Waals surface area contributed by atoms with Crippen LogP contribution in [0.3, 0.4) is 0 Å². The molecule has 1 aromatic heterocycles. The highest BCUT2D eigenvalue weighted by Gasteiger charge is 2.07. The number of amides is 1. The van der Waals surface area contributed by atoms with Crippen LogP contribution in [-0.2, 0) is 0 Å². The van der Waals surface area contributed by atoms with Crippen LogP contribution >= 0.6 is 15.9 Å². The van der Waals surface area contributed by atoms with Gasteiger partial charge in [-0.05, 0) is 55.2 Å². The first kappa shape index (κ1) is 17.5. The molecule has 1 aromatic carbocycles. The highest BCUT2D eigenvalue weighted by atomic mass is 79.9. The van der Waals surface area contributed by atoms with Crippen LogP contribution in [-0.4, -0.2) is 17.4 Å². The van der Waals surface area contributed by atoms with E-state index in [-0.39, 0.29) is 5.91 Å². The molecule has 4 nitrogen and oxygen atoms in total. The van der Waals surface area contributed by atoms with Crippen molar-refractivity contribution >= 4 is 33.3 Å². The van der Waals surface area contributed by atoms with Gasteiger partial charge >= 0.3 is 0 Å². The molecule has 0 fully saturated rings. The lowest BCUT2D eigenvalue weighted by atomic mass is 10.1. The predicted octanol–water partition coefficient (Wildman–Crippen LogP) is 4.86. The zero-order valence-electron chi connectivity index (χ0n) is 13.7. The van der Waals surface area contributed by atoms with E-state index >= 15 is 0 Å². The molecule has 0 atom stereocenters. The topological polar surface area (TPSA) is 54.0 Å². The maximum Gasteiger partial charge on any atom is 0.257 e. The lowest BCUT2D eigenvalue weighted by molar-refractivity contribution is 0.102. The number of benzene rings is 1. The third kappa shape index (κ3) is 5.36. The minimum atomic E-state index is -0.159. The van der Waals surface area contributed by atoms with E-state index < -0.39 is 0 Å². The van der Waals surface area contributed by atoms with Crippen molar-refractivity contribution in [1.82, 2.24) is 4.98 Å². The van der Waals surface area contributed by atoms with Crippen molar-refractivity contribution in [1.29, 1.82) is 0 Å². The Morgan fingerprint density at radius 3 is 2.65 bits per heavy atom. The van der Waals surface area contributed by atoms with E-state index in [0.29, 0.717) is 11.5 Å². The van der Waals surface area contributed by atoms with Crippen LogP contribution < -0.4 is 10.6 Å². The molecule has 5 heteroatoms. The van der Waals surface area contributed by atoms with Gasteiger partial charge in [0.05, 0.1) is 5.56 Å². The number of anilines is 2. The lowest BCUT2D eigenvalue weighted by Crippen LogP contribution is -2.13. The molecule has 1 amide bonds. The molecule has 0 saturated heterocycles. The number of nitrogens with one attached hydrogen (secondary N) is 2. The van der Waals surface area contributed by atoms with Crippen LogP contribution in [0.1, 0.15) is 36.2 Å². The molecule has 0 aliphatic carbocycles. The maximum atomic E-state index is 12.2. The number of aromatic nitrogens is 1. The number of aryl methyl sites for hydroxylation is 1. The second kappa shape index (κ2) is 8.11. The van der Waals surface area contributed by atoms with Crippen molar-refractivity contribution in [2.45, 2.75) is 27.2 Å². The molecule has 2 aromatic rings. The number of rotatable bonds is 6. The SMILES string of the molecule is Cc1cc(NC(=O)c2ccc(NCCC(C)C)nc2)ccc1Br. The van der Waals surface area contributed by atoms with Gasteiger partial charge in [0.25, 0.3) is 5.91 Å². The zero-order valence-corrected chi connectivity index (χ0v) is 15.3. The monoisotopic (exact) mass is 375 g/mol. The van der Waals surface area contributed by atoms with Crippen LogP contribution in [0.25, 0.3) is 0 Å². The molecular formula is C18H22BrN3O. The third-order valence-corrected chi connectivity index (χ3v) is 4.36. The fourth-order valence-corrected chi connectivity index (χ4v) is 2.29. The van der Waals surface area contributed by atoms with Crippen LogP contribution in [0.4, 0.5) is 11.5 Å². The van der Waals surface area contributed by atoms with Crippen molar-refractivity contribution in [3.63, 3.8) is 0 Å². The summed E-state index contributed by atoms with van der Waals surface area (Å²) in [6.45, 7) is 7.24. The standard InChI is InChI=1S/C18H22BrN3O/c1-12(2)8-9-20-17-7-4-14(11-21-17)18(23)22-15-5-6-16(19)13(3)10-15/h4-7,10-12H,8-9H2,1-3H3,(H,20,21)(H,22,23). The summed E-state index contributed by atoms with van der Waals surface area (Å²) in [7, 11) is 0. The number of hydrogen-bond acceptors (Lipinski definition) is 3. The number of hydrogen-bond donors (Lipinski definition) is 2. The Hall–Kier alpha value is -1.88. The Kier molecular flexibility index (Phi) is 6.16. The Bertz CT molecular complexity index is 668. The Labute approximate surface area is 145 Å². The highest BCUT2D eigenvalue weighted by molar-refractivity contribution is 9.10. The van der Waals surface area contributed by atoms with Crippen molar-refractivity contribution in [3.8, 4) is 0 Å². The van der Waals surface area contributed by atoms with E-state index in [2.05, 4.69) is 45.4 Å². The summed E-state index contributed by atoms with van der Waals surface area (Å²) in [5.41, 5.74) is 2.39. The van der Waals surface area contributed by atoms with Gasteiger partial charge in [-0.25, -0.2) is 4.98 Å². The molecule has 0 saturated carbocycles. The predicted molar refractivity (Wildman–Crippen MR) is 99.0 cm³/mol. The average molecular weight is 376 g/mol. The van der Waals surface area contributed by atoms with Gasteiger partial charge in [0.15, 0.2) is 0 Å². The molecule has 0 unspecified atom stereocenters. The summed E-state index contributed by atoms with van der Waals surface area (Å²) in [5.74, 6) is 1.29. The zero-order chi connectivity index (χ0) is 16.8. The third-order valence-electron chi connectivity index (χ3n) is 3.47. The van der Waals surface area contributed by atoms with Crippen LogP contribution in [0, 0.1) is 12.8 Å². The Morgan fingerprint density at radius 2 is 2.04 bits per heavy atom. The summed E-state index contributed by atoms with van der Waals surface area (Å²) < 4.78 is 1.02. The molecular weight excluding hydrogens is 354 g/mol. The minimum Gasteiger partial charge on any atom is -0.370 e. The lowest BCUT2D eigenvalue weighted by Gasteiger charge is -2.09. The fourth-order valence-electron chi connectivity index (χ4n) is 2.05. The largest absolute Gasteiger partial charge is 0.370 e. The van der Waals surface area contributed by atoms with Gasteiger partial charge in [-0.2, -0.15) is 0 Å². The summed E-state index contributed by atoms with van der Waals surface area (Å²) in [6.07, 6.45) is 2.69. The van der Waals surface area contributed by atoms with Crippen molar-refractivity contribution in [2.75, 3.05) is 17.2 Å². The number of nitrogens with zero attached hydrogens (tertiary/aromatic N) is 1. The number of carbonyl (C=O) groups is 1. The van der Waals surface area contributed by atoms with Gasteiger partial charge in [0, 0.05) is 22.9 Å². The molecule has 1 heterocycles. The van der Waals surface area contributed by atoms with E-state index in [1.54, 1.807) is 12.3 Å². The van der Waals surface area contributed by atoms with Gasteiger partial charge in [0.2, 0.25) is 0 Å². The van der Waals surface area contributed by atoms with E-state index in [1.807, 2.05) is 31.2 Å². The molecule has 0 aliphatic heterocycles. The molecule has 2 rings (SSSR count). The van der Waals surface area contributed by atoms with E-state index in [4.69, 9.17) is 0 Å². The quantitative estimate of drug-likeness (QED) is 0.757. The van der Waals surface area contributed by atoms with E-state index in [9.17, 15) is 4.79 Å². The van der Waals surface area contributed by atoms with Crippen LogP contribution in [0.5, 0.6) is 0 Å². The number of halogens is 1. The molecule has 0 aliphatic rings. The molecule has 2 N–H and O–H groups in total. The second-order valence-corrected chi connectivity index (χ2v) is 6.81. The van der Waals surface area contributed by atoms with Crippen molar-refractivity contribution in [3.05, 3.63) is 52.1 Å². The van der Waals surface area contributed by atoms with Crippen LogP contribution in [0.2, 0.25) is 0 Å². The molecule has 0 spiro atoms. The van der Waals surface area contributed by atoms with E-state index in [0.717, 1.165) is 34.5 Å². The second-order valence-electron chi connectivity index (χ2n) is 5.96. The maximum absolute atomic E-state index is 12.2. The molecule has 122 valence electrons. The van der Waals surface area contributed by atoms with Crippen molar-refractivity contribution in [2.24, 2.45) is 5.92 Å². The molecule has 0 bridgehead atoms. The molecule has 0 radical (unpaired) electrons. The first-order valence-electron chi connectivity index (χ1n) is 7.73. The Morgan fingerprint density at radius 1 is 1.26 bits per heavy atom.